The lowest BCUT2D eigenvalue weighted by atomic mass is 10.3. The minimum Gasteiger partial charge on any atom is -0.475 e. The van der Waals surface area contributed by atoms with E-state index in [9.17, 15) is 21.6 Å². The molecule has 0 aromatic rings. The van der Waals surface area contributed by atoms with Crippen LogP contribution < -0.4 is 5.32 Å². The van der Waals surface area contributed by atoms with Gasteiger partial charge in [0.25, 0.3) is 0 Å². The summed E-state index contributed by atoms with van der Waals surface area (Å²) in [6.07, 6.45) is -5.08. The van der Waals surface area contributed by atoms with E-state index in [4.69, 9.17) is 9.90 Å². The number of nitrogens with one attached hydrogen (secondary N) is 1. The van der Waals surface area contributed by atoms with Crippen LogP contribution in [0.3, 0.4) is 0 Å². The number of hydrogen-bond acceptors (Lipinski definition) is 4. The second kappa shape index (κ2) is 5.67. The maximum atomic E-state index is 11.3. The van der Waals surface area contributed by atoms with Crippen molar-refractivity contribution in [3.8, 4) is 0 Å². The Morgan fingerprint density at radius 1 is 1.35 bits per heavy atom. The first-order valence-corrected chi connectivity index (χ1v) is 6.34. The Bertz CT molecular complexity index is 359. The van der Waals surface area contributed by atoms with Gasteiger partial charge in [-0.1, -0.05) is 0 Å². The summed E-state index contributed by atoms with van der Waals surface area (Å²) in [7, 11) is -2.80. The molecule has 0 bridgehead atoms. The van der Waals surface area contributed by atoms with E-state index in [1.807, 2.05) is 0 Å². The molecule has 102 valence electrons. The summed E-state index contributed by atoms with van der Waals surface area (Å²) in [4.78, 5) is 8.90. The van der Waals surface area contributed by atoms with Crippen LogP contribution in [0.5, 0.6) is 0 Å². The van der Waals surface area contributed by atoms with Gasteiger partial charge in [0, 0.05) is 13.1 Å². The summed E-state index contributed by atoms with van der Waals surface area (Å²) in [5.74, 6) is -2.76. The molecule has 17 heavy (non-hydrogen) atoms. The Morgan fingerprint density at radius 3 is 1.76 bits per heavy atom. The fourth-order valence-corrected chi connectivity index (χ4v) is 2.35. The number of alkyl halides is 3. The lowest BCUT2D eigenvalue weighted by Crippen LogP contribution is -2.53. The molecule has 0 aliphatic carbocycles. The number of halogens is 3. The van der Waals surface area contributed by atoms with Crippen LogP contribution >= 0.6 is 0 Å². The standard InChI is InChI=1S/C6H13NO2S.C2HF3O2/c1-5(2)10(8,9)6-3-7-4-6;3-2(4,5)1(6)7/h5-7H,3-4H2,1-2H3;(H,6,7). The van der Waals surface area contributed by atoms with Gasteiger partial charge in [-0.15, -0.1) is 0 Å². The van der Waals surface area contributed by atoms with E-state index in [1.54, 1.807) is 13.8 Å². The highest BCUT2D eigenvalue weighted by molar-refractivity contribution is 7.92. The van der Waals surface area contributed by atoms with Crippen LogP contribution in [0.4, 0.5) is 13.2 Å². The van der Waals surface area contributed by atoms with E-state index >= 15 is 0 Å². The molecule has 0 radical (unpaired) electrons. The third-order valence-corrected chi connectivity index (χ3v) is 4.68. The van der Waals surface area contributed by atoms with E-state index in [0.29, 0.717) is 13.1 Å². The van der Waals surface area contributed by atoms with Crippen molar-refractivity contribution in [2.24, 2.45) is 0 Å². The third kappa shape index (κ3) is 4.90. The van der Waals surface area contributed by atoms with Crippen LogP contribution in [0.15, 0.2) is 0 Å². The average Bonchev–Trinajstić information content (AvgIpc) is 1.98. The lowest BCUT2D eigenvalue weighted by molar-refractivity contribution is -0.192. The molecular weight excluding hydrogens is 263 g/mol. The summed E-state index contributed by atoms with van der Waals surface area (Å²) < 4.78 is 54.3. The average molecular weight is 277 g/mol. The molecule has 0 aromatic carbocycles. The summed E-state index contributed by atoms with van der Waals surface area (Å²) in [5, 5.41) is 9.73. The molecule has 0 amide bonds. The van der Waals surface area contributed by atoms with Gasteiger partial charge in [-0.05, 0) is 13.8 Å². The molecule has 0 saturated carbocycles. The van der Waals surface area contributed by atoms with Gasteiger partial charge in [0.2, 0.25) is 0 Å². The molecule has 9 heteroatoms. The van der Waals surface area contributed by atoms with Gasteiger partial charge < -0.3 is 10.4 Å². The van der Waals surface area contributed by atoms with E-state index in [0.717, 1.165) is 0 Å². The molecule has 1 saturated heterocycles. The molecular formula is C8H14F3NO4S. The van der Waals surface area contributed by atoms with Gasteiger partial charge in [-0.3, -0.25) is 0 Å². The maximum Gasteiger partial charge on any atom is 0.490 e. The van der Waals surface area contributed by atoms with Crippen molar-refractivity contribution in [1.82, 2.24) is 5.32 Å². The molecule has 0 atom stereocenters. The first-order chi connectivity index (χ1) is 7.49. The molecule has 1 rings (SSSR count). The third-order valence-electron chi connectivity index (χ3n) is 2.11. The maximum absolute atomic E-state index is 11.3. The number of carbonyl (C=O) groups is 1. The van der Waals surface area contributed by atoms with Crippen LogP contribution in [-0.2, 0) is 14.6 Å². The zero-order chi connectivity index (χ0) is 13.9. The highest BCUT2D eigenvalue weighted by Gasteiger charge is 2.38. The predicted octanol–water partition coefficient (Wildman–Crippen LogP) is 0.415. The van der Waals surface area contributed by atoms with Gasteiger partial charge in [0.05, 0.1) is 10.5 Å². The zero-order valence-electron chi connectivity index (χ0n) is 9.28. The van der Waals surface area contributed by atoms with Crippen LogP contribution in [-0.4, -0.2) is 49.3 Å². The largest absolute Gasteiger partial charge is 0.490 e. The molecule has 0 aromatic heterocycles. The van der Waals surface area contributed by atoms with Crippen molar-refractivity contribution < 1.29 is 31.5 Å². The highest BCUT2D eigenvalue weighted by Crippen LogP contribution is 2.13. The summed E-state index contributed by atoms with van der Waals surface area (Å²) in [5.41, 5.74) is 0. The fourth-order valence-electron chi connectivity index (χ4n) is 0.879. The molecule has 1 fully saturated rings. The van der Waals surface area contributed by atoms with Crippen molar-refractivity contribution in [1.29, 1.82) is 0 Å². The van der Waals surface area contributed by atoms with Crippen molar-refractivity contribution in [2.75, 3.05) is 13.1 Å². The molecule has 0 unspecified atom stereocenters. The number of carboxylic acid groups (broad SMARTS) is 1. The molecule has 5 nitrogen and oxygen atoms in total. The highest BCUT2D eigenvalue weighted by atomic mass is 32.2. The molecule has 1 heterocycles. The van der Waals surface area contributed by atoms with E-state index in [1.165, 1.54) is 0 Å². The van der Waals surface area contributed by atoms with Crippen molar-refractivity contribution in [3.05, 3.63) is 0 Å². The zero-order valence-corrected chi connectivity index (χ0v) is 10.1. The number of hydrogen-bond donors (Lipinski definition) is 2. The summed E-state index contributed by atoms with van der Waals surface area (Å²) in [6.45, 7) is 4.74. The van der Waals surface area contributed by atoms with Gasteiger partial charge in [-0.25, -0.2) is 13.2 Å². The van der Waals surface area contributed by atoms with Crippen molar-refractivity contribution >= 4 is 15.8 Å². The van der Waals surface area contributed by atoms with E-state index < -0.39 is 22.0 Å². The van der Waals surface area contributed by atoms with Gasteiger partial charge in [0.1, 0.15) is 0 Å². The topological polar surface area (TPSA) is 83.5 Å². The van der Waals surface area contributed by atoms with Crippen LogP contribution in [0, 0.1) is 0 Å². The molecule has 2 N–H and O–H groups in total. The second-order valence-electron chi connectivity index (χ2n) is 3.72. The van der Waals surface area contributed by atoms with Crippen LogP contribution in [0.2, 0.25) is 0 Å². The van der Waals surface area contributed by atoms with Gasteiger partial charge >= 0.3 is 12.1 Å². The number of sulfone groups is 1. The SMILES string of the molecule is CC(C)S(=O)(=O)C1CNC1.O=C(O)C(F)(F)F. The Hall–Kier alpha value is -0.830. The van der Waals surface area contributed by atoms with Crippen LogP contribution in [0.25, 0.3) is 0 Å². The van der Waals surface area contributed by atoms with Crippen molar-refractivity contribution in [2.45, 2.75) is 30.5 Å². The van der Waals surface area contributed by atoms with Gasteiger partial charge in [0.15, 0.2) is 9.84 Å². The first kappa shape index (κ1) is 16.2. The number of rotatable bonds is 2. The normalized spacial score (nSPS) is 17.1. The number of aliphatic carboxylic acids is 1. The first-order valence-electron chi connectivity index (χ1n) is 4.73. The van der Waals surface area contributed by atoms with Gasteiger partial charge in [-0.2, -0.15) is 13.2 Å². The van der Waals surface area contributed by atoms with Crippen molar-refractivity contribution in [3.63, 3.8) is 0 Å². The summed E-state index contributed by atoms with van der Waals surface area (Å²) in [6, 6.07) is 0. The minimum absolute atomic E-state index is 0.118. The second-order valence-corrected chi connectivity index (χ2v) is 6.51. The molecule has 1 aliphatic heterocycles. The monoisotopic (exact) mass is 277 g/mol. The lowest BCUT2D eigenvalue weighted by Gasteiger charge is -2.28. The van der Waals surface area contributed by atoms with Crippen LogP contribution in [0.1, 0.15) is 13.8 Å². The fraction of sp³-hybridized carbons (Fsp3) is 0.875. The minimum atomic E-state index is -5.08. The smallest absolute Gasteiger partial charge is 0.475 e. The van der Waals surface area contributed by atoms with E-state index in [2.05, 4.69) is 5.32 Å². The summed E-state index contributed by atoms with van der Waals surface area (Å²) >= 11 is 0. The predicted molar refractivity (Wildman–Crippen MR) is 54.4 cm³/mol. The Labute approximate surface area is 96.9 Å². The molecule has 0 spiro atoms. The quantitative estimate of drug-likeness (QED) is 0.764. The molecule has 1 aliphatic rings. The number of carboxylic acids is 1. The Kier molecular flexibility index (Phi) is 5.40. The Morgan fingerprint density at radius 2 is 1.71 bits per heavy atom. The Balaban J connectivity index is 0.000000325. The van der Waals surface area contributed by atoms with E-state index in [-0.39, 0.29) is 10.5 Å².